The molecule has 1 saturated heterocycles. The molecule has 24 heavy (non-hydrogen) atoms. The normalized spacial score (nSPS) is 14.0. The van der Waals surface area contributed by atoms with Crippen molar-refractivity contribution >= 4 is 29.0 Å². The molecule has 2 aromatic rings. The molecule has 0 spiro atoms. The van der Waals surface area contributed by atoms with Crippen LogP contribution < -0.4 is 15.5 Å². The highest BCUT2D eigenvalue weighted by atomic mass is 32.1. The van der Waals surface area contributed by atoms with E-state index in [2.05, 4.69) is 15.6 Å². The van der Waals surface area contributed by atoms with Crippen molar-refractivity contribution in [3.63, 3.8) is 0 Å². The molecular formula is C17H20N4O2S. The monoisotopic (exact) mass is 344 g/mol. The van der Waals surface area contributed by atoms with Gasteiger partial charge in [-0.3, -0.25) is 9.69 Å². The number of carbonyl (C=O) groups excluding carboxylic acids is 2. The molecule has 3 rings (SSSR count). The molecule has 0 radical (unpaired) electrons. The molecule has 0 saturated carbocycles. The lowest BCUT2D eigenvalue weighted by atomic mass is 10.1. The largest absolute Gasteiger partial charge is 0.346 e. The Morgan fingerprint density at radius 3 is 2.75 bits per heavy atom. The van der Waals surface area contributed by atoms with E-state index in [0.717, 1.165) is 26.8 Å². The van der Waals surface area contributed by atoms with Crippen molar-refractivity contribution in [2.75, 3.05) is 18.0 Å². The fourth-order valence-corrected chi connectivity index (χ4v) is 3.64. The van der Waals surface area contributed by atoms with E-state index in [4.69, 9.17) is 0 Å². The number of carbonyl (C=O) groups is 2. The minimum atomic E-state index is -0.138. The second-order valence-corrected chi connectivity index (χ2v) is 7.21. The third kappa shape index (κ3) is 3.26. The Hall–Kier alpha value is -2.41. The van der Waals surface area contributed by atoms with Gasteiger partial charge in [0.05, 0.1) is 17.2 Å². The Balaban J connectivity index is 1.70. The molecule has 0 bridgehead atoms. The van der Waals surface area contributed by atoms with Crippen LogP contribution in [0.25, 0.3) is 0 Å². The van der Waals surface area contributed by atoms with Crippen LogP contribution in [0.3, 0.4) is 0 Å². The number of nitrogens with one attached hydrogen (secondary N) is 2. The smallest absolute Gasteiger partial charge is 0.322 e. The molecule has 1 aromatic carbocycles. The summed E-state index contributed by atoms with van der Waals surface area (Å²) >= 11 is 1.63. The fourth-order valence-electron chi connectivity index (χ4n) is 2.80. The van der Waals surface area contributed by atoms with Crippen molar-refractivity contribution in [3.8, 4) is 0 Å². The summed E-state index contributed by atoms with van der Waals surface area (Å²) in [6.07, 6.45) is 0. The lowest BCUT2D eigenvalue weighted by molar-refractivity contribution is 0.0950. The first-order valence-electron chi connectivity index (χ1n) is 7.83. The average Bonchev–Trinajstić information content (AvgIpc) is 3.10. The molecule has 1 aromatic heterocycles. The van der Waals surface area contributed by atoms with Crippen molar-refractivity contribution in [2.24, 2.45) is 0 Å². The Bertz CT molecular complexity index is 800. The van der Waals surface area contributed by atoms with Crippen LogP contribution in [0.2, 0.25) is 0 Å². The maximum absolute atomic E-state index is 12.4. The molecule has 1 fully saturated rings. The minimum absolute atomic E-state index is 0.0929. The van der Waals surface area contributed by atoms with Gasteiger partial charge in [-0.05, 0) is 44.5 Å². The van der Waals surface area contributed by atoms with Gasteiger partial charge in [-0.1, -0.05) is 0 Å². The summed E-state index contributed by atoms with van der Waals surface area (Å²) in [7, 11) is 0. The van der Waals surface area contributed by atoms with Crippen molar-refractivity contribution in [1.82, 2.24) is 15.6 Å². The minimum Gasteiger partial charge on any atom is -0.346 e. The summed E-state index contributed by atoms with van der Waals surface area (Å²) in [5.74, 6) is -0.138. The highest BCUT2D eigenvalue weighted by Gasteiger charge is 2.23. The van der Waals surface area contributed by atoms with Gasteiger partial charge in [0.1, 0.15) is 0 Å². The zero-order chi connectivity index (χ0) is 17.3. The SMILES string of the molecule is Cc1nc(CNC(=O)c2ccc(N3CCNC3=O)c(C)c2)c(C)s1. The number of aromatic nitrogens is 1. The number of urea groups is 1. The lowest BCUT2D eigenvalue weighted by Gasteiger charge is -2.17. The van der Waals surface area contributed by atoms with Crippen LogP contribution >= 0.6 is 11.3 Å². The molecule has 2 heterocycles. The van der Waals surface area contributed by atoms with Crippen LogP contribution in [0.5, 0.6) is 0 Å². The van der Waals surface area contributed by atoms with Gasteiger partial charge in [0.2, 0.25) is 0 Å². The van der Waals surface area contributed by atoms with Gasteiger partial charge in [0.25, 0.3) is 5.91 Å². The molecule has 0 aliphatic carbocycles. The summed E-state index contributed by atoms with van der Waals surface area (Å²) in [5, 5.41) is 6.69. The second-order valence-electron chi connectivity index (χ2n) is 5.80. The molecule has 1 aliphatic heterocycles. The number of anilines is 1. The maximum Gasteiger partial charge on any atom is 0.322 e. The standard InChI is InChI=1S/C17H20N4O2S/c1-10-8-13(4-5-15(10)21-7-6-18-17(21)23)16(22)19-9-14-11(2)24-12(3)20-14/h4-5,8H,6-7,9H2,1-3H3,(H,18,23)(H,19,22). The number of thiazole rings is 1. The third-order valence-electron chi connectivity index (χ3n) is 4.02. The summed E-state index contributed by atoms with van der Waals surface area (Å²) in [6.45, 7) is 7.59. The molecular weight excluding hydrogens is 324 g/mol. The van der Waals surface area contributed by atoms with Gasteiger partial charge in [-0.15, -0.1) is 11.3 Å². The molecule has 0 unspecified atom stereocenters. The summed E-state index contributed by atoms with van der Waals surface area (Å²) < 4.78 is 0. The number of nitrogens with zero attached hydrogens (tertiary/aromatic N) is 2. The third-order valence-corrected chi connectivity index (χ3v) is 4.95. The van der Waals surface area contributed by atoms with Gasteiger partial charge in [-0.2, -0.15) is 0 Å². The lowest BCUT2D eigenvalue weighted by Crippen LogP contribution is -2.28. The summed E-state index contributed by atoms with van der Waals surface area (Å²) in [4.78, 5) is 31.4. The number of hydrogen-bond acceptors (Lipinski definition) is 4. The number of rotatable bonds is 4. The molecule has 1 aliphatic rings. The van der Waals surface area contributed by atoms with E-state index >= 15 is 0 Å². The first-order chi connectivity index (χ1) is 11.5. The zero-order valence-corrected chi connectivity index (χ0v) is 14.8. The van der Waals surface area contributed by atoms with Gasteiger partial charge < -0.3 is 10.6 Å². The van der Waals surface area contributed by atoms with E-state index in [1.807, 2.05) is 32.9 Å². The quantitative estimate of drug-likeness (QED) is 0.895. The molecule has 6 nitrogen and oxygen atoms in total. The van der Waals surface area contributed by atoms with Gasteiger partial charge in [0.15, 0.2) is 0 Å². The number of amides is 3. The van der Waals surface area contributed by atoms with Gasteiger partial charge in [0, 0.05) is 29.2 Å². The van der Waals surface area contributed by atoms with E-state index in [1.165, 1.54) is 0 Å². The molecule has 0 atom stereocenters. The number of hydrogen-bond donors (Lipinski definition) is 2. The van der Waals surface area contributed by atoms with Crippen molar-refractivity contribution < 1.29 is 9.59 Å². The Morgan fingerprint density at radius 2 is 2.17 bits per heavy atom. The Morgan fingerprint density at radius 1 is 1.38 bits per heavy atom. The zero-order valence-electron chi connectivity index (χ0n) is 14.0. The molecule has 3 amide bonds. The Labute approximate surface area is 144 Å². The van der Waals surface area contributed by atoms with Crippen molar-refractivity contribution in [2.45, 2.75) is 27.3 Å². The van der Waals surface area contributed by atoms with E-state index in [-0.39, 0.29) is 11.9 Å². The maximum atomic E-state index is 12.4. The van der Waals surface area contributed by atoms with E-state index in [0.29, 0.717) is 25.2 Å². The van der Waals surface area contributed by atoms with Crippen molar-refractivity contribution in [1.29, 1.82) is 0 Å². The Kier molecular flexibility index (Phi) is 4.53. The van der Waals surface area contributed by atoms with Crippen LogP contribution in [0, 0.1) is 20.8 Å². The van der Waals surface area contributed by atoms with Crippen LogP contribution in [0.1, 0.15) is 31.5 Å². The highest BCUT2D eigenvalue weighted by Crippen LogP contribution is 2.23. The second kappa shape index (κ2) is 6.60. The first-order valence-corrected chi connectivity index (χ1v) is 8.64. The van der Waals surface area contributed by atoms with Crippen LogP contribution in [-0.4, -0.2) is 30.0 Å². The predicted octanol–water partition coefficient (Wildman–Crippen LogP) is 2.53. The van der Waals surface area contributed by atoms with Crippen LogP contribution in [-0.2, 0) is 6.54 Å². The van der Waals surface area contributed by atoms with E-state index in [1.54, 1.807) is 22.3 Å². The topological polar surface area (TPSA) is 74.3 Å². The predicted molar refractivity (Wildman–Crippen MR) is 94.7 cm³/mol. The van der Waals surface area contributed by atoms with Gasteiger partial charge in [-0.25, -0.2) is 9.78 Å². The van der Waals surface area contributed by atoms with Gasteiger partial charge >= 0.3 is 6.03 Å². The molecule has 2 N–H and O–H groups in total. The first kappa shape index (κ1) is 16.4. The van der Waals surface area contributed by atoms with Crippen LogP contribution in [0.4, 0.5) is 10.5 Å². The number of aryl methyl sites for hydroxylation is 3. The van der Waals surface area contributed by atoms with Crippen LogP contribution in [0.15, 0.2) is 18.2 Å². The summed E-state index contributed by atoms with van der Waals surface area (Å²) in [6, 6.07) is 5.30. The number of benzene rings is 1. The average molecular weight is 344 g/mol. The molecule has 126 valence electrons. The van der Waals surface area contributed by atoms with Crippen molar-refractivity contribution in [3.05, 3.63) is 44.9 Å². The summed E-state index contributed by atoms with van der Waals surface area (Å²) in [5.41, 5.74) is 3.24. The van der Waals surface area contributed by atoms with E-state index < -0.39 is 0 Å². The molecule has 7 heteroatoms. The van der Waals surface area contributed by atoms with E-state index in [9.17, 15) is 9.59 Å². The fraction of sp³-hybridized carbons (Fsp3) is 0.353. The highest BCUT2D eigenvalue weighted by molar-refractivity contribution is 7.11.